The fraction of sp³-hybridized carbons (Fsp3) is 0.462. The molecule has 98 valence electrons. The first-order valence-electron chi connectivity index (χ1n) is 6.00. The highest BCUT2D eigenvalue weighted by molar-refractivity contribution is 14.1. The minimum Gasteiger partial charge on any atom is -0.310 e. The van der Waals surface area contributed by atoms with Crippen LogP contribution in [0.15, 0.2) is 11.4 Å². The Balaban J connectivity index is 2.15. The van der Waals surface area contributed by atoms with E-state index in [4.69, 9.17) is 0 Å². The zero-order valence-electron chi connectivity index (χ0n) is 10.8. The summed E-state index contributed by atoms with van der Waals surface area (Å²) in [7, 11) is 0. The van der Waals surface area contributed by atoms with Crippen LogP contribution in [0.25, 0.3) is 0 Å². The average Bonchev–Trinajstić information content (AvgIpc) is 2.86. The Morgan fingerprint density at radius 2 is 2.22 bits per heavy atom. The lowest BCUT2D eigenvalue weighted by Gasteiger charge is -2.15. The van der Waals surface area contributed by atoms with Gasteiger partial charge in [0, 0.05) is 17.3 Å². The molecule has 2 rings (SSSR count). The number of thiazole rings is 1. The highest BCUT2D eigenvalue weighted by atomic mass is 127. The fourth-order valence-electron chi connectivity index (χ4n) is 1.86. The van der Waals surface area contributed by atoms with Crippen LogP contribution in [0.2, 0.25) is 0 Å². The lowest BCUT2D eigenvalue weighted by atomic mass is 10.1. The second kappa shape index (κ2) is 6.45. The lowest BCUT2D eigenvalue weighted by Crippen LogP contribution is -2.22. The molecule has 0 amide bonds. The number of hydrogen-bond acceptors (Lipinski definition) is 4. The summed E-state index contributed by atoms with van der Waals surface area (Å²) in [6.07, 6.45) is 0.986. The Kier molecular flexibility index (Phi) is 5.17. The molecule has 5 heteroatoms. The van der Waals surface area contributed by atoms with Gasteiger partial charge in [0.2, 0.25) is 0 Å². The Morgan fingerprint density at radius 1 is 1.44 bits per heavy atom. The summed E-state index contributed by atoms with van der Waals surface area (Å²) >= 11 is 6.01. The minimum absolute atomic E-state index is 0.389. The molecule has 2 heterocycles. The van der Waals surface area contributed by atoms with Crippen LogP contribution in [0, 0.1) is 16.7 Å². The Labute approximate surface area is 130 Å². The van der Waals surface area contributed by atoms with Crippen LogP contribution in [0.5, 0.6) is 0 Å². The molecule has 0 saturated heterocycles. The van der Waals surface area contributed by atoms with Crippen molar-refractivity contribution in [1.29, 1.82) is 0 Å². The molecule has 0 spiro atoms. The largest absolute Gasteiger partial charge is 0.310 e. The van der Waals surface area contributed by atoms with Crippen molar-refractivity contribution in [3.63, 3.8) is 0 Å². The van der Waals surface area contributed by atoms with E-state index in [1.54, 1.807) is 0 Å². The first-order chi connectivity index (χ1) is 8.60. The number of rotatable bonds is 5. The Hall–Kier alpha value is 0.0200. The number of likely N-dealkylation sites (N-methyl/N-ethyl adjacent to an activating group) is 1. The summed E-state index contributed by atoms with van der Waals surface area (Å²) in [4.78, 5) is 5.98. The SMILES string of the molecule is CCNC(Cc1nc(C)c(C)s1)c1csc(I)c1. The highest BCUT2D eigenvalue weighted by Gasteiger charge is 2.15. The van der Waals surface area contributed by atoms with E-state index in [-0.39, 0.29) is 0 Å². The van der Waals surface area contributed by atoms with Gasteiger partial charge in [-0.25, -0.2) is 4.98 Å². The molecule has 1 N–H and O–H groups in total. The van der Waals surface area contributed by atoms with Crippen LogP contribution < -0.4 is 5.32 Å². The van der Waals surface area contributed by atoms with Crippen molar-refractivity contribution in [3.05, 3.63) is 35.5 Å². The zero-order valence-corrected chi connectivity index (χ0v) is 14.6. The van der Waals surface area contributed by atoms with Crippen molar-refractivity contribution in [3.8, 4) is 0 Å². The number of thiophene rings is 1. The first-order valence-corrected chi connectivity index (χ1v) is 8.78. The van der Waals surface area contributed by atoms with E-state index in [1.165, 1.54) is 24.0 Å². The molecule has 0 aliphatic heterocycles. The molecule has 2 aromatic rings. The number of aromatic nitrogens is 1. The molecule has 0 aromatic carbocycles. The van der Waals surface area contributed by atoms with Crippen molar-refractivity contribution < 1.29 is 0 Å². The predicted molar refractivity (Wildman–Crippen MR) is 88.7 cm³/mol. The molecule has 0 aliphatic carbocycles. The third-order valence-corrected chi connectivity index (χ3v) is 5.79. The van der Waals surface area contributed by atoms with E-state index in [0.717, 1.165) is 13.0 Å². The molecular weight excluding hydrogens is 375 g/mol. The Morgan fingerprint density at radius 3 is 2.72 bits per heavy atom. The van der Waals surface area contributed by atoms with Gasteiger partial charge < -0.3 is 5.32 Å². The van der Waals surface area contributed by atoms with Crippen LogP contribution in [0.4, 0.5) is 0 Å². The summed E-state index contributed by atoms with van der Waals surface area (Å²) in [5, 5.41) is 7.05. The second-order valence-corrected chi connectivity index (χ2v) is 8.34. The number of aryl methyl sites for hydroxylation is 2. The lowest BCUT2D eigenvalue weighted by molar-refractivity contribution is 0.549. The summed E-state index contributed by atoms with van der Waals surface area (Å²) in [5.41, 5.74) is 2.56. The molecule has 2 nitrogen and oxygen atoms in total. The monoisotopic (exact) mass is 392 g/mol. The fourth-order valence-corrected chi connectivity index (χ4v) is 4.27. The van der Waals surface area contributed by atoms with Crippen LogP contribution in [-0.4, -0.2) is 11.5 Å². The molecule has 0 radical (unpaired) electrons. The van der Waals surface area contributed by atoms with Gasteiger partial charge in [0.05, 0.1) is 13.6 Å². The van der Waals surface area contributed by atoms with Crippen molar-refractivity contribution in [1.82, 2.24) is 10.3 Å². The summed E-state index contributed by atoms with van der Waals surface area (Å²) in [6, 6.07) is 2.66. The normalized spacial score (nSPS) is 12.9. The van der Waals surface area contributed by atoms with Gasteiger partial charge in [-0.1, -0.05) is 6.92 Å². The maximum absolute atomic E-state index is 4.64. The van der Waals surface area contributed by atoms with Crippen LogP contribution in [0.1, 0.15) is 34.1 Å². The summed E-state index contributed by atoms with van der Waals surface area (Å²) in [6.45, 7) is 7.38. The topological polar surface area (TPSA) is 24.9 Å². The van der Waals surface area contributed by atoms with Crippen LogP contribution in [-0.2, 0) is 6.42 Å². The summed E-state index contributed by atoms with van der Waals surface area (Å²) in [5.74, 6) is 0. The third kappa shape index (κ3) is 3.53. The van der Waals surface area contributed by atoms with E-state index in [2.05, 4.69) is 65.1 Å². The van der Waals surface area contributed by atoms with Gasteiger partial charge >= 0.3 is 0 Å². The molecule has 0 bridgehead atoms. The number of nitrogens with zero attached hydrogens (tertiary/aromatic N) is 1. The third-order valence-electron chi connectivity index (χ3n) is 2.89. The predicted octanol–water partition coefficient (Wildman–Crippen LogP) is 4.32. The molecule has 0 aliphatic rings. The van der Waals surface area contributed by atoms with E-state index >= 15 is 0 Å². The van der Waals surface area contributed by atoms with Crippen molar-refractivity contribution >= 4 is 45.3 Å². The second-order valence-electron chi connectivity index (χ2n) is 4.25. The van der Waals surface area contributed by atoms with Crippen molar-refractivity contribution in [2.45, 2.75) is 33.2 Å². The van der Waals surface area contributed by atoms with Gasteiger partial charge in [-0.05, 0) is 60.0 Å². The maximum atomic E-state index is 4.64. The van der Waals surface area contributed by atoms with E-state index in [1.807, 2.05) is 22.7 Å². The standard InChI is InChI=1S/C13H17IN2S2/c1-4-15-11(10-5-12(14)17-7-10)6-13-16-8(2)9(3)18-13/h5,7,11,15H,4,6H2,1-3H3. The van der Waals surface area contributed by atoms with Crippen molar-refractivity contribution in [2.24, 2.45) is 0 Å². The van der Waals surface area contributed by atoms with Gasteiger partial charge in [-0.15, -0.1) is 22.7 Å². The van der Waals surface area contributed by atoms with E-state index < -0.39 is 0 Å². The van der Waals surface area contributed by atoms with Gasteiger partial charge in [-0.3, -0.25) is 0 Å². The number of halogens is 1. The van der Waals surface area contributed by atoms with Crippen LogP contribution in [0.3, 0.4) is 0 Å². The number of nitrogens with one attached hydrogen (secondary N) is 1. The van der Waals surface area contributed by atoms with Crippen molar-refractivity contribution in [2.75, 3.05) is 6.54 Å². The van der Waals surface area contributed by atoms with E-state index in [0.29, 0.717) is 6.04 Å². The Bertz CT molecular complexity index is 499. The molecule has 0 fully saturated rings. The van der Waals surface area contributed by atoms with Gasteiger partial charge in [0.15, 0.2) is 0 Å². The number of hydrogen-bond donors (Lipinski definition) is 1. The highest BCUT2D eigenvalue weighted by Crippen LogP contribution is 2.27. The van der Waals surface area contributed by atoms with Gasteiger partial charge in [-0.2, -0.15) is 0 Å². The molecule has 2 aromatic heterocycles. The minimum atomic E-state index is 0.389. The van der Waals surface area contributed by atoms with Gasteiger partial charge in [0.1, 0.15) is 0 Å². The molecule has 18 heavy (non-hydrogen) atoms. The zero-order chi connectivity index (χ0) is 13.1. The molecule has 0 saturated carbocycles. The first kappa shape index (κ1) is 14.4. The summed E-state index contributed by atoms with van der Waals surface area (Å²) < 4.78 is 1.34. The average molecular weight is 392 g/mol. The van der Waals surface area contributed by atoms with Crippen LogP contribution >= 0.6 is 45.3 Å². The molecule has 1 unspecified atom stereocenters. The van der Waals surface area contributed by atoms with Gasteiger partial charge in [0.25, 0.3) is 0 Å². The molecule has 1 atom stereocenters. The van der Waals surface area contributed by atoms with E-state index in [9.17, 15) is 0 Å². The maximum Gasteiger partial charge on any atom is 0.0949 e. The quantitative estimate of drug-likeness (QED) is 0.767. The smallest absolute Gasteiger partial charge is 0.0949 e. The molecular formula is C13H17IN2S2.